The van der Waals surface area contributed by atoms with Crippen LogP contribution in [0.5, 0.6) is 0 Å². The summed E-state index contributed by atoms with van der Waals surface area (Å²) >= 11 is 0. The fourth-order valence-corrected chi connectivity index (χ4v) is 6.70. The summed E-state index contributed by atoms with van der Waals surface area (Å²) in [4.78, 5) is 52.1. The Balaban J connectivity index is 1.28. The molecule has 278 valence electrons. The third-order valence-electron chi connectivity index (χ3n) is 9.17. The van der Waals surface area contributed by atoms with Gasteiger partial charge in [-0.2, -0.15) is 26.3 Å². The van der Waals surface area contributed by atoms with Crippen molar-refractivity contribution in [3.63, 3.8) is 0 Å². The lowest BCUT2D eigenvalue weighted by atomic mass is 9.73. The first kappa shape index (κ1) is 38.6. The molecule has 1 atom stereocenters. The van der Waals surface area contributed by atoms with Crippen molar-refractivity contribution < 1.29 is 45.5 Å². The van der Waals surface area contributed by atoms with Crippen molar-refractivity contribution in [1.82, 2.24) is 16.0 Å². The minimum Gasteiger partial charge on any atom is -0.370 e. The molecule has 8 nitrogen and oxygen atoms in total. The molecule has 4 aromatic carbocycles. The van der Waals surface area contributed by atoms with Gasteiger partial charge in [-0.05, 0) is 77.3 Å². The van der Waals surface area contributed by atoms with E-state index in [1.165, 1.54) is 18.2 Å². The Morgan fingerprint density at radius 1 is 0.698 bits per heavy atom. The number of unbranched alkanes of at least 4 members (excludes halogenated alkanes) is 1. The number of hydrogen-bond acceptors (Lipinski definition) is 4. The Morgan fingerprint density at radius 2 is 1.26 bits per heavy atom. The first-order valence-electron chi connectivity index (χ1n) is 16.8. The SMILES string of the molecule is NC(=O)CC[C@@H](NC(=O)c1ccccc1-c1ccc(C(F)(F)F)cc1)C(=O)NCCCCC1(C(=O)NCC(F)(F)F)c2ccccc2-c2ccccc21. The Morgan fingerprint density at radius 3 is 1.83 bits per heavy atom. The lowest BCUT2D eigenvalue weighted by Crippen LogP contribution is -2.48. The van der Waals surface area contributed by atoms with E-state index in [0.717, 1.165) is 23.3 Å². The standard InChI is InChI=1S/C39H36F6N4O4/c40-38(41,42)23-48-36(53)37(30-13-5-3-10-27(30)28-11-4-6-14-31(28)37)21-7-8-22-47-35(52)32(19-20-33(46)50)49-34(51)29-12-2-1-9-26(29)24-15-17-25(18-16-24)39(43,44)45/h1-6,9-18,32H,7-8,19-23H2,(H2,46,50)(H,47,52)(H,48,53)(H,49,51)/t32-/m1/s1. The monoisotopic (exact) mass is 738 g/mol. The van der Waals surface area contributed by atoms with Crippen molar-refractivity contribution in [2.24, 2.45) is 5.73 Å². The Bertz CT molecular complexity index is 1930. The molecule has 0 saturated heterocycles. The van der Waals surface area contributed by atoms with Gasteiger partial charge in [0.2, 0.25) is 17.7 Å². The molecule has 4 aromatic rings. The summed E-state index contributed by atoms with van der Waals surface area (Å²) in [6, 6.07) is 23.3. The zero-order valence-electron chi connectivity index (χ0n) is 28.2. The molecule has 0 aromatic heterocycles. The van der Waals surface area contributed by atoms with Gasteiger partial charge in [0.25, 0.3) is 5.91 Å². The highest BCUT2D eigenvalue weighted by molar-refractivity contribution is 6.03. The number of carbonyl (C=O) groups excluding carboxylic acids is 4. The predicted octanol–water partition coefficient (Wildman–Crippen LogP) is 6.67. The van der Waals surface area contributed by atoms with E-state index in [4.69, 9.17) is 5.73 Å². The van der Waals surface area contributed by atoms with Crippen molar-refractivity contribution in [3.05, 3.63) is 119 Å². The van der Waals surface area contributed by atoms with E-state index in [2.05, 4.69) is 16.0 Å². The minimum atomic E-state index is -4.62. The number of halogens is 6. The van der Waals surface area contributed by atoms with Crippen molar-refractivity contribution in [1.29, 1.82) is 0 Å². The molecule has 0 heterocycles. The lowest BCUT2D eigenvalue weighted by molar-refractivity contribution is -0.141. The number of primary amides is 1. The number of rotatable bonds is 14. The molecule has 1 aliphatic carbocycles. The molecule has 14 heteroatoms. The van der Waals surface area contributed by atoms with Gasteiger partial charge >= 0.3 is 12.4 Å². The molecular weight excluding hydrogens is 702 g/mol. The fraction of sp³-hybridized carbons (Fsp3) is 0.282. The quantitative estimate of drug-likeness (QED) is 0.0851. The summed E-state index contributed by atoms with van der Waals surface area (Å²) in [7, 11) is 0. The van der Waals surface area contributed by atoms with Gasteiger partial charge in [-0.25, -0.2) is 0 Å². The van der Waals surface area contributed by atoms with Crippen LogP contribution in [0.4, 0.5) is 26.3 Å². The molecule has 0 aliphatic heterocycles. The molecule has 4 amide bonds. The van der Waals surface area contributed by atoms with E-state index >= 15 is 0 Å². The van der Waals surface area contributed by atoms with Crippen LogP contribution in [-0.2, 0) is 26.0 Å². The largest absolute Gasteiger partial charge is 0.416 e. The topological polar surface area (TPSA) is 130 Å². The highest BCUT2D eigenvalue weighted by atomic mass is 19.4. The number of amides is 4. The summed E-state index contributed by atoms with van der Waals surface area (Å²) in [5, 5.41) is 7.41. The zero-order valence-corrected chi connectivity index (χ0v) is 28.2. The molecular formula is C39H36F6N4O4. The average Bonchev–Trinajstić information content (AvgIpc) is 3.41. The first-order chi connectivity index (χ1) is 25.1. The number of fused-ring (bicyclic) bond motifs is 3. The van der Waals surface area contributed by atoms with E-state index in [9.17, 15) is 45.5 Å². The highest BCUT2D eigenvalue weighted by Crippen LogP contribution is 2.51. The van der Waals surface area contributed by atoms with E-state index in [0.29, 0.717) is 35.1 Å². The maximum Gasteiger partial charge on any atom is 0.416 e. The van der Waals surface area contributed by atoms with Crippen molar-refractivity contribution >= 4 is 23.6 Å². The number of benzene rings is 4. The third-order valence-corrected chi connectivity index (χ3v) is 9.17. The van der Waals surface area contributed by atoms with Gasteiger partial charge in [-0.3, -0.25) is 19.2 Å². The number of alkyl halides is 6. The molecule has 1 aliphatic rings. The summed E-state index contributed by atoms with van der Waals surface area (Å²) in [5.74, 6) is -2.85. The molecule has 53 heavy (non-hydrogen) atoms. The van der Waals surface area contributed by atoms with Crippen molar-refractivity contribution in [3.8, 4) is 22.3 Å². The van der Waals surface area contributed by atoms with Gasteiger partial charge in [-0.1, -0.05) is 78.9 Å². The highest BCUT2D eigenvalue weighted by Gasteiger charge is 2.49. The predicted molar refractivity (Wildman–Crippen MR) is 185 cm³/mol. The molecule has 0 unspecified atom stereocenters. The van der Waals surface area contributed by atoms with Crippen molar-refractivity contribution in [2.45, 2.75) is 55.9 Å². The third kappa shape index (κ3) is 8.87. The molecule has 0 spiro atoms. The van der Waals surface area contributed by atoms with E-state index in [1.54, 1.807) is 54.6 Å². The number of nitrogens with one attached hydrogen (secondary N) is 3. The number of hydrogen-bond donors (Lipinski definition) is 4. The molecule has 5 rings (SSSR count). The van der Waals surface area contributed by atoms with Crippen LogP contribution in [0.3, 0.4) is 0 Å². The zero-order chi connectivity index (χ0) is 38.4. The van der Waals surface area contributed by atoms with Gasteiger partial charge in [0.05, 0.1) is 5.56 Å². The van der Waals surface area contributed by atoms with Crippen LogP contribution in [0.25, 0.3) is 22.3 Å². The van der Waals surface area contributed by atoms with Gasteiger partial charge in [-0.15, -0.1) is 0 Å². The van der Waals surface area contributed by atoms with Gasteiger partial charge in [0.15, 0.2) is 0 Å². The molecule has 0 saturated carbocycles. The maximum atomic E-state index is 13.7. The number of carbonyl (C=O) groups is 4. The number of nitrogens with two attached hydrogens (primary N) is 1. The van der Waals surface area contributed by atoms with Gasteiger partial charge in [0.1, 0.15) is 18.0 Å². The van der Waals surface area contributed by atoms with Gasteiger partial charge in [0, 0.05) is 18.5 Å². The van der Waals surface area contributed by atoms with Crippen LogP contribution in [0.2, 0.25) is 0 Å². The second-order valence-electron chi connectivity index (χ2n) is 12.7. The second kappa shape index (κ2) is 15.9. The van der Waals surface area contributed by atoms with Crippen LogP contribution in [0, 0.1) is 0 Å². The second-order valence-corrected chi connectivity index (χ2v) is 12.7. The maximum absolute atomic E-state index is 13.7. The summed E-state index contributed by atoms with van der Waals surface area (Å²) in [5.41, 5.74) is 6.41. The first-order valence-corrected chi connectivity index (χ1v) is 16.8. The smallest absolute Gasteiger partial charge is 0.370 e. The Labute approximate surface area is 301 Å². The summed E-state index contributed by atoms with van der Waals surface area (Å²) < 4.78 is 78.9. The van der Waals surface area contributed by atoms with Crippen molar-refractivity contribution in [2.75, 3.05) is 13.1 Å². The molecule has 5 N–H and O–H groups in total. The van der Waals surface area contributed by atoms with E-state index < -0.39 is 59.5 Å². The molecule has 0 radical (unpaired) electrons. The Kier molecular flexibility index (Phi) is 11.6. The van der Waals surface area contributed by atoms with Crippen LogP contribution >= 0.6 is 0 Å². The lowest BCUT2D eigenvalue weighted by Gasteiger charge is -2.31. The Hall–Kier alpha value is -5.66. The normalized spacial score (nSPS) is 13.7. The van der Waals surface area contributed by atoms with E-state index in [-0.39, 0.29) is 31.4 Å². The minimum absolute atomic E-state index is 0.0630. The van der Waals surface area contributed by atoms with Gasteiger partial charge < -0.3 is 21.7 Å². The summed E-state index contributed by atoms with van der Waals surface area (Å²) in [6.45, 7) is -1.44. The molecule has 0 fully saturated rings. The van der Waals surface area contributed by atoms with Crippen LogP contribution in [0.15, 0.2) is 97.1 Å². The van der Waals surface area contributed by atoms with Crippen LogP contribution < -0.4 is 21.7 Å². The molecule has 0 bridgehead atoms. The van der Waals surface area contributed by atoms with E-state index in [1.807, 2.05) is 12.1 Å². The van der Waals surface area contributed by atoms with Crippen LogP contribution in [0.1, 0.15) is 59.2 Å². The average molecular weight is 739 g/mol. The summed E-state index contributed by atoms with van der Waals surface area (Å²) in [6.07, 6.45) is -8.82. The van der Waals surface area contributed by atoms with Crippen LogP contribution in [-0.4, -0.2) is 48.9 Å². The fourth-order valence-electron chi connectivity index (χ4n) is 6.70.